The second kappa shape index (κ2) is 13.8. The number of amides is 1. The Kier molecular flexibility index (Phi) is 10.5. The second-order valence-corrected chi connectivity index (χ2v) is 10.5. The van der Waals surface area contributed by atoms with Crippen LogP contribution >= 0.6 is 0 Å². The number of carbonyl (C=O) groups is 1. The monoisotopic (exact) mass is 471 g/mol. The van der Waals surface area contributed by atoms with E-state index in [9.17, 15) is 4.79 Å². The molecule has 0 heterocycles. The molecule has 1 amide bonds. The summed E-state index contributed by atoms with van der Waals surface area (Å²) >= 11 is 0. The summed E-state index contributed by atoms with van der Waals surface area (Å²) in [6.07, 6.45) is 2.95. The Morgan fingerprint density at radius 1 is 0.686 bits per heavy atom. The molecule has 0 saturated carbocycles. The Morgan fingerprint density at radius 2 is 1.17 bits per heavy atom. The fraction of sp³-hybridized carbons (Fsp3) is 0.387. The first-order valence-electron chi connectivity index (χ1n) is 12.8. The van der Waals surface area contributed by atoms with E-state index in [2.05, 4.69) is 91.3 Å². The summed E-state index contributed by atoms with van der Waals surface area (Å²) < 4.78 is 0. The van der Waals surface area contributed by atoms with Crippen LogP contribution in [0.2, 0.25) is 0 Å². The predicted molar refractivity (Wildman–Crippen MR) is 147 cm³/mol. The minimum Gasteiger partial charge on any atom is -0.350 e. The Bertz CT molecular complexity index is 984. The lowest BCUT2D eigenvalue weighted by atomic mass is 9.92. The van der Waals surface area contributed by atoms with Gasteiger partial charge in [-0.05, 0) is 54.5 Å². The molecule has 0 radical (unpaired) electrons. The molecule has 0 saturated heterocycles. The van der Waals surface area contributed by atoms with Gasteiger partial charge in [0.15, 0.2) is 0 Å². The first-order valence-corrected chi connectivity index (χ1v) is 12.8. The highest BCUT2D eigenvalue weighted by Crippen LogP contribution is 2.17. The molecule has 0 aliphatic carbocycles. The summed E-state index contributed by atoms with van der Waals surface area (Å²) in [6, 6.07) is 31.0. The molecule has 0 fully saturated rings. The van der Waals surface area contributed by atoms with Gasteiger partial charge in [0.2, 0.25) is 0 Å². The minimum atomic E-state index is -0.0328. The maximum Gasteiger partial charge on any atom is 0.251 e. The van der Waals surface area contributed by atoms with Gasteiger partial charge in [0.05, 0.1) is 0 Å². The van der Waals surface area contributed by atoms with E-state index in [1.165, 1.54) is 11.1 Å². The molecule has 0 unspecified atom stereocenters. The van der Waals surface area contributed by atoms with Gasteiger partial charge >= 0.3 is 0 Å². The van der Waals surface area contributed by atoms with E-state index in [-0.39, 0.29) is 11.9 Å². The number of nitrogens with one attached hydrogen (secondary N) is 3. The van der Waals surface area contributed by atoms with Gasteiger partial charge in [-0.3, -0.25) is 4.79 Å². The normalized spacial score (nSPS) is 13.2. The molecule has 0 bridgehead atoms. The van der Waals surface area contributed by atoms with Crippen LogP contribution in [0.1, 0.15) is 48.7 Å². The van der Waals surface area contributed by atoms with Crippen molar-refractivity contribution in [3.05, 3.63) is 108 Å². The first kappa shape index (κ1) is 26.7. The Hall–Kier alpha value is -2.95. The number of rotatable bonds is 13. The van der Waals surface area contributed by atoms with Crippen molar-refractivity contribution in [3.8, 4) is 0 Å². The SMILES string of the molecule is CC(C)(C)CCN[C@H](CN[C@H](CNC(=O)c1ccccc1)Cc1ccccc1)Cc1ccccc1. The third-order valence-corrected chi connectivity index (χ3v) is 6.16. The van der Waals surface area contributed by atoms with Gasteiger partial charge in [-0.2, -0.15) is 0 Å². The zero-order valence-electron chi connectivity index (χ0n) is 21.5. The lowest BCUT2D eigenvalue weighted by Gasteiger charge is -2.26. The first-order chi connectivity index (χ1) is 16.9. The average Bonchev–Trinajstić information content (AvgIpc) is 2.86. The second-order valence-electron chi connectivity index (χ2n) is 10.5. The van der Waals surface area contributed by atoms with Gasteiger partial charge < -0.3 is 16.0 Å². The van der Waals surface area contributed by atoms with E-state index in [4.69, 9.17) is 0 Å². The van der Waals surface area contributed by atoms with Crippen molar-refractivity contribution in [1.82, 2.24) is 16.0 Å². The molecular weight excluding hydrogens is 430 g/mol. The fourth-order valence-corrected chi connectivity index (χ4v) is 4.10. The van der Waals surface area contributed by atoms with Gasteiger partial charge in [-0.15, -0.1) is 0 Å². The van der Waals surface area contributed by atoms with Crippen LogP contribution < -0.4 is 16.0 Å². The molecule has 0 aromatic heterocycles. The molecule has 3 N–H and O–H groups in total. The molecule has 35 heavy (non-hydrogen) atoms. The van der Waals surface area contributed by atoms with Crippen LogP contribution in [-0.2, 0) is 12.8 Å². The zero-order chi connectivity index (χ0) is 24.9. The highest BCUT2D eigenvalue weighted by Gasteiger charge is 2.17. The van der Waals surface area contributed by atoms with E-state index in [1.54, 1.807) is 0 Å². The third kappa shape index (κ3) is 10.5. The van der Waals surface area contributed by atoms with Crippen molar-refractivity contribution in [3.63, 3.8) is 0 Å². The lowest BCUT2D eigenvalue weighted by molar-refractivity contribution is 0.0949. The van der Waals surface area contributed by atoms with Crippen LogP contribution in [0.25, 0.3) is 0 Å². The molecule has 2 atom stereocenters. The van der Waals surface area contributed by atoms with Crippen molar-refractivity contribution in [1.29, 1.82) is 0 Å². The summed E-state index contributed by atoms with van der Waals surface area (Å²) in [5.41, 5.74) is 3.59. The summed E-state index contributed by atoms with van der Waals surface area (Å²) in [5, 5.41) is 10.7. The molecule has 0 spiro atoms. The van der Waals surface area contributed by atoms with Crippen molar-refractivity contribution in [2.75, 3.05) is 19.6 Å². The van der Waals surface area contributed by atoms with E-state index in [0.717, 1.165) is 32.4 Å². The maximum absolute atomic E-state index is 12.7. The van der Waals surface area contributed by atoms with E-state index in [1.807, 2.05) is 36.4 Å². The van der Waals surface area contributed by atoms with E-state index in [0.29, 0.717) is 23.6 Å². The summed E-state index contributed by atoms with van der Waals surface area (Å²) in [7, 11) is 0. The molecule has 4 nitrogen and oxygen atoms in total. The molecule has 3 aromatic rings. The molecule has 3 rings (SSSR count). The zero-order valence-corrected chi connectivity index (χ0v) is 21.5. The number of hydrogen-bond donors (Lipinski definition) is 3. The van der Waals surface area contributed by atoms with Gasteiger partial charge in [0.1, 0.15) is 0 Å². The largest absolute Gasteiger partial charge is 0.350 e. The van der Waals surface area contributed by atoms with Crippen LogP contribution in [0.4, 0.5) is 0 Å². The molecule has 0 aliphatic rings. The highest BCUT2D eigenvalue weighted by molar-refractivity contribution is 5.94. The Labute approximate surface area is 211 Å². The summed E-state index contributed by atoms with van der Waals surface area (Å²) in [5.74, 6) is -0.0328. The standard InChI is InChI=1S/C31H41N3O/c1-31(2,3)19-20-32-28(21-25-13-7-4-8-14-25)23-33-29(22-26-15-9-5-10-16-26)24-34-30(35)27-17-11-6-12-18-27/h4-18,28-29,32-33H,19-24H2,1-3H3,(H,34,35)/t28-,29-/m0/s1. The molecular formula is C31H41N3O. The van der Waals surface area contributed by atoms with Crippen molar-refractivity contribution in [2.45, 2.75) is 52.1 Å². The molecule has 4 heteroatoms. The van der Waals surface area contributed by atoms with Crippen molar-refractivity contribution < 1.29 is 4.79 Å². The lowest BCUT2D eigenvalue weighted by Crippen LogP contribution is -2.48. The smallest absolute Gasteiger partial charge is 0.251 e. The van der Waals surface area contributed by atoms with Crippen molar-refractivity contribution >= 4 is 5.91 Å². The van der Waals surface area contributed by atoms with Crippen LogP contribution in [-0.4, -0.2) is 37.6 Å². The van der Waals surface area contributed by atoms with E-state index >= 15 is 0 Å². The summed E-state index contributed by atoms with van der Waals surface area (Å²) in [6.45, 7) is 9.23. The summed E-state index contributed by atoms with van der Waals surface area (Å²) in [4.78, 5) is 12.7. The van der Waals surface area contributed by atoms with Gasteiger partial charge in [0.25, 0.3) is 5.91 Å². The Balaban J connectivity index is 1.64. The van der Waals surface area contributed by atoms with Crippen LogP contribution in [0.3, 0.4) is 0 Å². The quantitative estimate of drug-likeness (QED) is 0.319. The molecule has 0 aliphatic heterocycles. The third-order valence-electron chi connectivity index (χ3n) is 6.16. The maximum atomic E-state index is 12.7. The molecule has 186 valence electrons. The van der Waals surface area contributed by atoms with Crippen LogP contribution in [0, 0.1) is 5.41 Å². The average molecular weight is 472 g/mol. The van der Waals surface area contributed by atoms with Crippen LogP contribution in [0.5, 0.6) is 0 Å². The molecule has 3 aromatic carbocycles. The number of carbonyl (C=O) groups excluding carboxylic acids is 1. The number of benzene rings is 3. The number of hydrogen-bond acceptors (Lipinski definition) is 3. The Morgan fingerprint density at radius 3 is 1.69 bits per heavy atom. The highest BCUT2D eigenvalue weighted by atomic mass is 16.1. The fourth-order valence-electron chi connectivity index (χ4n) is 4.10. The topological polar surface area (TPSA) is 53.2 Å². The van der Waals surface area contributed by atoms with Crippen molar-refractivity contribution in [2.24, 2.45) is 5.41 Å². The van der Waals surface area contributed by atoms with Gasteiger partial charge in [-0.1, -0.05) is 99.6 Å². The van der Waals surface area contributed by atoms with Gasteiger partial charge in [-0.25, -0.2) is 0 Å². The predicted octanol–water partition coefficient (Wildman–Crippen LogP) is 5.25. The minimum absolute atomic E-state index is 0.0328. The van der Waals surface area contributed by atoms with Gasteiger partial charge in [0, 0.05) is 30.7 Å². The van der Waals surface area contributed by atoms with E-state index < -0.39 is 0 Å². The van der Waals surface area contributed by atoms with Crippen LogP contribution in [0.15, 0.2) is 91.0 Å².